The van der Waals surface area contributed by atoms with Gasteiger partial charge in [-0.3, -0.25) is 4.79 Å². The van der Waals surface area contributed by atoms with Crippen LogP contribution in [0.2, 0.25) is 0 Å². The summed E-state index contributed by atoms with van der Waals surface area (Å²) in [6.45, 7) is 8.29. The molecule has 1 spiro atoms. The van der Waals surface area contributed by atoms with Gasteiger partial charge in [0.25, 0.3) is 0 Å². The lowest BCUT2D eigenvalue weighted by Gasteiger charge is -2.58. The van der Waals surface area contributed by atoms with Crippen LogP contribution in [0.25, 0.3) is 0 Å². The second kappa shape index (κ2) is 5.67. The molecule has 0 aromatic carbocycles. The van der Waals surface area contributed by atoms with E-state index in [1.54, 1.807) is 5.57 Å². The first-order valence-corrected chi connectivity index (χ1v) is 10.9. The van der Waals surface area contributed by atoms with Crippen LogP contribution in [0, 0.1) is 34.5 Å². The lowest BCUT2D eigenvalue weighted by Crippen LogP contribution is -2.52. The minimum atomic E-state index is -0.311. The van der Waals surface area contributed by atoms with Crippen molar-refractivity contribution in [2.75, 3.05) is 13.2 Å². The zero-order valence-electron chi connectivity index (χ0n) is 16.7. The average molecular weight is 359 g/mol. The summed E-state index contributed by atoms with van der Waals surface area (Å²) in [6, 6.07) is 0. The number of rotatable bonds is 1. The SMILES string of the molecule is CC(=O)[C@H]1CC[C@H]2[C@@H]3CC=C4CC5(CC[C@]4(C)[C@@H]3CC[C@]12C)OCCO5. The molecule has 0 unspecified atom stereocenters. The van der Waals surface area contributed by atoms with E-state index in [4.69, 9.17) is 9.47 Å². The van der Waals surface area contributed by atoms with Crippen LogP contribution in [0.3, 0.4) is 0 Å². The van der Waals surface area contributed by atoms with Crippen molar-refractivity contribution in [3.05, 3.63) is 11.6 Å². The Balaban J connectivity index is 1.44. The molecule has 0 bridgehead atoms. The van der Waals surface area contributed by atoms with E-state index in [-0.39, 0.29) is 11.2 Å². The van der Waals surface area contributed by atoms with Crippen molar-refractivity contribution in [2.45, 2.75) is 77.9 Å². The number of fused-ring (bicyclic) bond motifs is 5. The smallest absolute Gasteiger partial charge is 0.172 e. The Hall–Kier alpha value is -0.670. The number of ether oxygens (including phenoxy) is 2. The number of allylic oxidation sites excluding steroid dienone is 1. The summed E-state index contributed by atoms with van der Waals surface area (Å²) >= 11 is 0. The van der Waals surface area contributed by atoms with Gasteiger partial charge in [0.05, 0.1) is 13.2 Å². The fraction of sp³-hybridized carbons (Fsp3) is 0.870. The van der Waals surface area contributed by atoms with E-state index in [2.05, 4.69) is 19.9 Å². The lowest BCUT2D eigenvalue weighted by molar-refractivity contribution is -0.185. The molecule has 144 valence electrons. The van der Waals surface area contributed by atoms with Crippen molar-refractivity contribution in [3.63, 3.8) is 0 Å². The predicted molar refractivity (Wildman–Crippen MR) is 101 cm³/mol. The molecule has 4 fully saturated rings. The predicted octanol–water partition coefficient (Wildman–Crippen LogP) is 4.90. The van der Waals surface area contributed by atoms with Gasteiger partial charge in [-0.1, -0.05) is 25.5 Å². The van der Waals surface area contributed by atoms with Gasteiger partial charge >= 0.3 is 0 Å². The number of ketones is 1. The first kappa shape index (κ1) is 17.4. The molecular formula is C23H34O3. The molecule has 0 radical (unpaired) electrons. The summed E-state index contributed by atoms with van der Waals surface area (Å²) in [7, 11) is 0. The van der Waals surface area contributed by atoms with Gasteiger partial charge in [0, 0.05) is 18.8 Å². The zero-order valence-corrected chi connectivity index (χ0v) is 16.7. The fourth-order valence-corrected chi connectivity index (χ4v) is 8.02. The summed E-state index contributed by atoms with van der Waals surface area (Å²) in [4.78, 5) is 12.3. The Bertz CT molecular complexity index is 646. The molecule has 5 rings (SSSR count). The highest BCUT2D eigenvalue weighted by molar-refractivity contribution is 5.79. The van der Waals surface area contributed by atoms with Gasteiger partial charge in [-0.05, 0) is 74.0 Å². The summed E-state index contributed by atoms with van der Waals surface area (Å²) in [5.41, 5.74) is 2.18. The second-order valence-electron chi connectivity index (χ2n) is 10.3. The molecule has 5 aliphatic rings. The first-order chi connectivity index (χ1) is 12.4. The third-order valence-corrected chi connectivity index (χ3v) is 9.41. The van der Waals surface area contributed by atoms with Gasteiger partial charge < -0.3 is 9.47 Å². The normalized spacial score (nSPS) is 49.3. The summed E-state index contributed by atoms with van der Waals surface area (Å²) in [6.07, 6.45) is 11.9. The monoisotopic (exact) mass is 358 g/mol. The molecule has 0 N–H and O–H groups in total. The Kier molecular flexibility index (Phi) is 3.80. The van der Waals surface area contributed by atoms with E-state index in [1.165, 1.54) is 32.1 Å². The topological polar surface area (TPSA) is 35.5 Å². The zero-order chi connectivity index (χ0) is 18.2. The molecule has 0 amide bonds. The molecule has 3 nitrogen and oxygen atoms in total. The van der Waals surface area contributed by atoms with Crippen LogP contribution in [0.1, 0.15) is 72.1 Å². The van der Waals surface area contributed by atoms with E-state index in [0.717, 1.165) is 50.2 Å². The molecule has 6 atom stereocenters. The largest absolute Gasteiger partial charge is 0.347 e. The average Bonchev–Trinajstić information content (AvgIpc) is 3.20. The standard InChI is InChI=1S/C23H34O3/c1-15(24)18-6-7-19-17-5-4-16-14-23(25-12-13-26-23)11-10-21(16,2)20(17)8-9-22(18,19)3/h4,17-20H,5-14H2,1-3H3/t17-,18+,19-,20+,21-,22+/m0/s1. The Labute approximate surface area is 157 Å². The van der Waals surface area contributed by atoms with Crippen molar-refractivity contribution in [1.82, 2.24) is 0 Å². The maximum Gasteiger partial charge on any atom is 0.172 e. The highest BCUT2D eigenvalue weighted by Gasteiger charge is 2.60. The van der Waals surface area contributed by atoms with E-state index in [1.807, 2.05) is 6.92 Å². The van der Waals surface area contributed by atoms with Crippen molar-refractivity contribution < 1.29 is 14.3 Å². The van der Waals surface area contributed by atoms with Crippen molar-refractivity contribution in [3.8, 4) is 0 Å². The molecule has 26 heavy (non-hydrogen) atoms. The molecule has 4 aliphatic carbocycles. The Morgan fingerprint density at radius 1 is 1.04 bits per heavy atom. The lowest BCUT2D eigenvalue weighted by atomic mass is 9.47. The maximum absolute atomic E-state index is 12.3. The highest BCUT2D eigenvalue weighted by atomic mass is 16.7. The number of hydrogen-bond acceptors (Lipinski definition) is 3. The molecule has 0 aromatic heterocycles. The highest BCUT2D eigenvalue weighted by Crippen LogP contribution is 2.67. The molecule has 0 aromatic rings. The summed E-state index contributed by atoms with van der Waals surface area (Å²) < 4.78 is 12.1. The van der Waals surface area contributed by atoms with Crippen LogP contribution in [0.4, 0.5) is 0 Å². The number of hydrogen-bond donors (Lipinski definition) is 0. The molecule has 1 saturated heterocycles. The van der Waals surface area contributed by atoms with Gasteiger partial charge in [0.2, 0.25) is 0 Å². The van der Waals surface area contributed by atoms with E-state index in [0.29, 0.717) is 17.1 Å². The van der Waals surface area contributed by atoms with Crippen LogP contribution in [-0.2, 0) is 14.3 Å². The van der Waals surface area contributed by atoms with Crippen molar-refractivity contribution >= 4 is 5.78 Å². The molecule has 1 aliphatic heterocycles. The molecular weight excluding hydrogens is 324 g/mol. The van der Waals surface area contributed by atoms with Crippen LogP contribution in [-0.4, -0.2) is 24.8 Å². The number of Topliss-reactive ketones (excluding diaryl/α,β-unsaturated/α-hetero) is 1. The number of carbonyl (C=O) groups is 1. The maximum atomic E-state index is 12.3. The molecule has 3 saturated carbocycles. The van der Waals surface area contributed by atoms with Crippen LogP contribution in [0.15, 0.2) is 11.6 Å². The van der Waals surface area contributed by atoms with E-state index >= 15 is 0 Å². The Morgan fingerprint density at radius 2 is 1.81 bits per heavy atom. The van der Waals surface area contributed by atoms with Gasteiger partial charge in [-0.15, -0.1) is 0 Å². The van der Waals surface area contributed by atoms with E-state index < -0.39 is 0 Å². The molecule has 1 heterocycles. The minimum Gasteiger partial charge on any atom is -0.347 e. The number of carbonyl (C=O) groups excluding carboxylic acids is 1. The van der Waals surface area contributed by atoms with Crippen LogP contribution >= 0.6 is 0 Å². The summed E-state index contributed by atoms with van der Waals surface area (Å²) in [5, 5.41) is 0. The Morgan fingerprint density at radius 3 is 2.54 bits per heavy atom. The van der Waals surface area contributed by atoms with Crippen molar-refractivity contribution in [2.24, 2.45) is 34.5 Å². The van der Waals surface area contributed by atoms with Crippen molar-refractivity contribution in [1.29, 1.82) is 0 Å². The third kappa shape index (κ3) is 2.22. The third-order valence-electron chi connectivity index (χ3n) is 9.41. The van der Waals surface area contributed by atoms with Gasteiger partial charge in [-0.25, -0.2) is 0 Å². The quantitative estimate of drug-likeness (QED) is 0.626. The first-order valence-electron chi connectivity index (χ1n) is 10.9. The van der Waals surface area contributed by atoms with Gasteiger partial charge in [0.15, 0.2) is 5.79 Å². The summed E-state index contributed by atoms with van der Waals surface area (Å²) in [5.74, 6) is 2.72. The van der Waals surface area contributed by atoms with Crippen LogP contribution in [0.5, 0.6) is 0 Å². The molecule has 3 heteroatoms. The minimum absolute atomic E-state index is 0.252. The van der Waals surface area contributed by atoms with Gasteiger partial charge in [-0.2, -0.15) is 0 Å². The van der Waals surface area contributed by atoms with Crippen LogP contribution < -0.4 is 0 Å². The van der Waals surface area contributed by atoms with Gasteiger partial charge in [0.1, 0.15) is 5.78 Å². The fourth-order valence-electron chi connectivity index (χ4n) is 8.02. The second-order valence-corrected chi connectivity index (χ2v) is 10.3. The van der Waals surface area contributed by atoms with E-state index in [9.17, 15) is 4.79 Å².